The molecule has 0 radical (unpaired) electrons. The predicted octanol–water partition coefficient (Wildman–Crippen LogP) is 2.90. The molecule has 0 saturated heterocycles. The summed E-state index contributed by atoms with van der Waals surface area (Å²) < 4.78 is 36.8. The maximum Gasteiger partial charge on any atom is 0.433 e. The third kappa shape index (κ3) is 3.44. The van der Waals surface area contributed by atoms with Gasteiger partial charge in [0.15, 0.2) is 0 Å². The zero-order chi connectivity index (χ0) is 11.6. The Morgan fingerprint density at radius 2 is 2.00 bits per heavy atom. The summed E-state index contributed by atoms with van der Waals surface area (Å²) in [5.41, 5.74) is 0.986. The van der Waals surface area contributed by atoms with Crippen LogP contribution < -0.4 is 5.32 Å². The van der Waals surface area contributed by atoms with Crippen molar-refractivity contribution in [2.24, 2.45) is 0 Å². The van der Waals surface area contributed by atoms with E-state index in [0.29, 0.717) is 0 Å². The maximum atomic E-state index is 12.3. The van der Waals surface area contributed by atoms with Crippen molar-refractivity contribution in [1.82, 2.24) is 10.3 Å². The van der Waals surface area contributed by atoms with E-state index in [0.717, 1.165) is 36.7 Å². The monoisotopic (exact) mass is 264 g/mol. The summed E-state index contributed by atoms with van der Waals surface area (Å²) in [5, 5.41) is 3.14. The predicted molar refractivity (Wildman–Crippen MR) is 62.0 cm³/mol. The third-order valence-corrected chi connectivity index (χ3v) is 2.49. The molecule has 1 aromatic heterocycles. The Balaban J connectivity index is 0.00000144. The van der Waals surface area contributed by atoms with Crippen molar-refractivity contribution in [3.63, 3.8) is 0 Å². The molecular weight excluding hydrogens is 253 g/mol. The molecule has 17 heavy (non-hydrogen) atoms. The zero-order valence-electron chi connectivity index (χ0n) is 8.92. The summed E-state index contributed by atoms with van der Waals surface area (Å²) in [5.74, 6) is 0. The first-order chi connectivity index (χ1) is 7.57. The minimum Gasteiger partial charge on any atom is -0.313 e. The van der Waals surface area contributed by atoms with Gasteiger partial charge in [-0.25, -0.2) is 0 Å². The van der Waals surface area contributed by atoms with Crippen molar-refractivity contribution >= 4 is 18.0 Å². The highest BCUT2D eigenvalue weighted by molar-refractivity contribution is 5.85. The quantitative estimate of drug-likeness (QED) is 0.844. The summed E-state index contributed by atoms with van der Waals surface area (Å²) >= 11 is 0. The molecular formula is C11H12ClF3N2. The summed E-state index contributed by atoms with van der Waals surface area (Å²) in [4.78, 5) is 3.44. The van der Waals surface area contributed by atoms with Gasteiger partial charge in [0.05, 0.1) is 0 Å². The fraction of sp³-hybridized carbons (Fsp3) is 0.364. The minimum atomic E-state index is -4.36. The highest BCUT2D eigenvalue weighted by atomic mass is 35.5. The topological polar surface area (TPSA) is 24.9 Å². The van der Waals surface area contributed by atoms with Gasteiger partial charge in [-0.1, -0.05) is 12.1 Å². The highest BCUT2D eigenvalue weighted by Crippen LogP contribution is 2.28. The average molecular weight is 265 g/mol. The van der Waals surface area contributed by atoms with Gasteiger partial charge in [0, 0.05) is 12.7 Å². The van der Waals surface area contributed by atoms with E-state index in [2.05, 4.69) is 10.3 Å². The fourth-order valence-corrected chi connectivity index (χ4v) is 1.64. The Labute approximate surface area is 103 Å². The van der Waals surface area contributed by atoms with E-state index in [-0.39, 0.29) is 12.4 Å². The Kier molecular flexibility index (Phi) is 4.54. The van der Waals surface area contributed by atoms with E-state index >= 15 is 0 Å². The number of aromatic nitrogens is 1. The first kappa shape index (κ1) is 14.0. The van der Waals surface area contributed by atoms with Crippen LogP contribution >= 0.6 is 12.4 Å². The van der Waals surface area contributed by atoms with Gasteiger partial charge < -0.3 is 5.32 Å². The van der Waals surface area contributed by atoms with Gasteiger partial charge in [-0.05, 0) is 30.2 Å². The zero-order valence-corrected chi connectivity index (χ0v) is 9.74. The molecule has 0 fully saturated rings. The van der Waals surface area contributed by atoms with Crippen molar-refractivity contribution in [2.75, 3.05) is 13.1 Å². The molecule has 2 nitrogen and oxygen atoms in total. The van der Waals surface area contributed by atoms with Crippen molar-refractivity contribution in [1.29, 1.82) is 0 Å². The SMILES string of the molecule is Cl.FC(F)(F)c1ccc(C2=CCNCC2)cn1. The first-order valence-electron chi connectivity index (χ1n) is 5.01. The summed E-state index contributed by atoms with van der Waals surface area (Å²) in [6, 6.07) is 2.51. The van der Waals surface area contributed by atoms with Crippen LogP contribution in [-0.2, 0) is 6.18 Å². The Morgan fingerprint density at radius 3 is 2.47 bits per heavy atom. The number of rotatable bonds is 1. The van der Waals surface area contributed by atoms with Crippen LogP contribution in [0.25, 0.3) is 5.57 Å². The molecule has 1 aromatic rings. The molecule has 1 N–H and O–H groups in total. The van der Waals surface area contributed by atoms with Crippen LogP contribution in [0.5, 0.6) is 0 Å². The molecule has 0 aliphatic carbocycles. The smallest absolute Gasteiger partial charge is 0.313 e. The van der Waals surface area contributed by atoms with Crippen LogP contribution in [0.4, 0.5) is 13.2 Å². The first-order valence-corrected chi connectivity index (χ1v) is 5.01. The third-order valence-electron chi connectivity index (χ3n) is 2.49. The van der Waals surface area contributed by atoms with Crippen LogP contribution in [0.2, 0.25) is 0 Å². The average Bonchev–Trinajstić information content (AvgIpc) is 2.29. The second-order valence-corrected chi connectivity index (χ2v) is 3.61. The molecule has 2 rings (SSSR count). The lowest BCUT2D eigenvalue weighted by atomic mass is 10.0. The largest absolute Gasteiger partial charge is 0.433 e. The molecule has 0 bridgehead atoms. The van der Waals surface area contributed by atoms with Crippen molar-refractivity contribution in [3.05, 3.63) is 35.7 Å². The molecule has 0 unspecified atom stereocenters. The number of nitrogens with zero attached hydrogens (tertiary/aromatic N) is 1. The second kappa shape index (κ2) is 5.51. The molecule has 0 atom stereocenters. The lowest BCUT2D eigenvalue weighted by molar-refractivity contribution is -0.141. The highest BCUT2D eigenvalue weighted by Gasteiger charge is 2.32. The normalized spacial score (nSPS) is 16.1. The number of halogens is 4. The summed E-state index contributed by atoms with van der Waals surface area (Å²) in [6.45, 7) is 1.61. The Morgan fingerprint density at radius 1 is 1.24 bits per heavy atom. The van der Waals surface area contributed by atoms with Gasteiger partial charge in [-0.2, -0.15) is 13.2 Å². The van der Waals surface area contributed by atoms with Gasteiger partial charge in [0.1, 0.15) is 5.69 Å². The Hall–Kier alpha value is -1.07. The maximum absolute atomic E-state index is 12.3. The van der Waals surface area contributed by atoms with E-state index in [1.165, 1.54) is 12.3 Å². The van der Waals surface area contributed by atoms with E-state index in [1.807, 2.05) is 6.08 Å². The van der Waals surface area contributed by atoms with Gasteiger partial charge >= 0.3 is 6.18 Å². The van der Waals surface area contributed by atoms with Crippen LogP contribution in [0.15, 0.2) is 24.4 Å². The Bertz CT molecular complexity index is 398. The van der Waals surface area contributed by atoms with Crippen molar-refractivity contribution in [3.8, 4) is 0 Å². The number of nitrogens with one attached hydrogen (secondary N) is 1. The number of hydrogen-bond acceptors (Lipinski definition) is 2. The second-order valence-electron chi connectivity index (χ2n) is 3.61. The van der Waals surface area contributed by atoms with Crippen molar-refractivity contribution < 1.29 is 13.2 Å². The van der Waals surface area contributed by atoms with Gasteiger partial charge in [-0.15, -0.1) is 12.4 Å². The summed E-state index contributed by atoms with van der Waals surface area (Å²) in [6.07, 6.45) is -0.262. The van der Waals surface area contributed by atoms with Crippen LogP contribution in [0.1, 0.15) is 17.7 Å². The standard InChI is InChI=1S/C11H11F3N2.ClH/c12-11(13,14)10-2-1-9(7-16-10)8-3-5-15-6-4-8;/h1-3,7,15H,4-6H2;1H. The van der Waals surface area contributed by atoms with Gasteiger partial charge in [0.2, 0.25) is 0 Å². The van der Waals surface area contributed by atoms with Gasteiger partial charge in [0.25, 0.3) is 0 Å². The van der Waals surface area contributed by atoms with E-state index in [4.69, 9.17) is 0 Å². The minimum absolute atomic E-state index is 0. The lowest BCUT2D eigenvalue weighted by Crippen LogP contribution is -2.20. The van der Waals surface area contributed by atoms with Crippen LogP contribution in [-0.4, -0.2) is 18.1 Å². The fourth-order valence-electron chi connectivity index (χ4n) is 1.64. The molecule has 2 heterocycles. The molecule has 0 amide bonds. The van der Waals surface area contributed by atoms with Crippen molar-refractivity contribution in [2.45, 2.75) is 12.6 Å². The molecule has 0 spiro atoms. The number of hydrogen-bond donors (Lipinski definition) is 1. The molecule has 1 aliphatic heterocycles. The van der Waals surface area contributed by atoms with Gasteiger partial charge in [-0.3, -0.25) is 4.98 Å². The molecule has 0 aromatic carbocycles. The molecule has 6 heteroatoms. The molecule has 1 aliphatic rings. The number of pyridine rings is 1. The number of alkyl halides is 3. The van der Waals surface area contributed by atoms with E-state index in [9.17, 15) is 13.2 Å². The van der Waals surface area contributed by atoms with Crippen LogP contribution in [0, 0.1) is 0 Å². The van der Waals surface area contributed by atoms with E-state index in [1.54, 1.807) is 0 Å². The molecule has 0 saturated carbocycles. The lowest BCUT2D eigenvalue weighted by Gasteiger charge is -2.14. The summed E-state index contributed by atoms with van der Waals surface area (Å²) in [7, 11) is 0. The van der Waals surface area contributed by atoms with E-state index < -0.39 is 11.9 Å². The molecule has 94 valence electrons. The van der Waals surface area contributed by atoms with Crippen LogP contribution in [0.3, 0.4) is 0 Å².